The summed E-state index contributed by atoms with van der Waals surface area (Å²) < 4.78 is 0. The number of nitrogens with zero attached hydrogens (tertiary/aromatic N) is 2. The summed E-state index contributed by atoms with van der Waals surface area (Å²) in [5, 5.41) is 2.60. The van der Waals surface area contributed by atoms with E-state index < -0.39 is 0 Å². The average molecular weight is 301 g/mol. The number of carbonyl (C=O) groups is 3. The molecular weight excluding hydrogens is 282 g/mol. The van der Waals surface area contributed by atoms with Gasteiger partial charge < -0.3 is 15.1 Å². The van der Waals surface area contributed by atoms with Gasteiger partial charge >= 0.3 is 0 Å². The van der Waals surface area contributed by atoms with E-state index in [1.165, 1.54) is 4.90 Å². The molecule has 0 spiro atoms. The fourth-order valence-electron chi connectivity index (χ4n) is 2.63. The van der Waals surface area contributed by atoms with Gasteiger partial charge in [-0.05, 0) is 25.0 Å². The molecule has 0 unspecified atom stereocenters. The number of hydrogen-bond donors (Lipinski definition) is 1. The molecule has 1 aromatic rings. The van der Waals surface area contributed by atoms with Crippen LogP contribution in [-0.2, 0) is 9.59 Å². The second kappa shape index (κ2) is 6.17. The Morgan fingerprint density at radius 1 is 1.14 bits per heavy atom. The summed E-state index contributed by atoms with van der Waals surface area (Å²) in [6.45, 7) is 1.19. The molecule has 0 radical (unpaired) electrons. The predicted octanol–water partition coefficient (Wildman–Crippen LogP) is 0.250. The summed E-state index contributed by atoms with van der Waals surface area (Å²) in [6, 6.07) is 9.14. The highest BCUT2D eigenvalue weighted by atomic mass is 16.2. The van der Waals surface area contributed by atoms with Crippen LogP contribution in [0.2, 0.25) is 0 Å². The van der Waals surface area contributed by atoms with Gasteiger partial charge in [0, 0.05) is 24.7 Å². The molecule has 0 atom stereocenters. The second-order valence-electron chi connectivity index (χ2n) is 5.68. The Kier molecular flexibility index (Phi) is 4.09. The summed E-state index contributed by atoms with van der Waals surface area (Å²) >= 11 is 0. The van der Waals surface area contributed by atoms with Crippen LogP contribution in [0.4, 0.5) is 0 Å². The van der Waals surface area contributed by atoms with E-state index in [0.717, 1.165) is 12.8 Å². The van der Waals surface area contributed by atoms with Crippen molar-refractivity contribution >= 4 is 17.7 Å². The largest absolute Gasteiger partial charge is 0.343 e. The molecule has 1 saturated heterocycles. The lowest BCUT2D eigenvalue weighted by atomic mass is 10.2. The first kappa shape index (κ1) is 14.6. The molecule has 1 aliphatic carbocycles. The van der Waals surface area contributed by atoms with E-state index in [4.69, 9.17) is 0 Å². The molecule has 3 amide bonds. The average Bonchev–Trinajstić information content (AvgIpc) is 3.37. The number of piperazine rings is 1. The number of amides is 3. The summed E-state index contributed by atoms with van der Waals surface area (Å²) in [5.74, 6) is -0.485. The number of hydrogen-bond acceptors (Lipinski definition) is 3. The van der Waals surface area contributed by atoms with E-state index in [0.29, 0.717) is 24.7 Å². The van der Waals surface area contributed by atoms with Crippen molar-refractivity contribution in [1.82, 2.24) is 15.1 Å². The lowest BCUT2D eigenvalue weighted by molar-refractivity contribution is -0.145. The topological polar surface area (TPSA) is 69.7 Å². The van der Waals surface area contributed by atoms with Gasteiger partial charge in [0.15, 0.2) is 0 Å². The minimum atomic E-state index is -0.281. The Bertz CT molecular complexity index is 584. The van der Waals surface area contributed by atoms with Crippen LogP contribution in [-0.4, -0.2) is 59.7 Å². The van der Waals surface area contributed by atoms with Crippen molar-refractivity contribution in [3.05, 3.63) is 35.9 Å². The van der Waals surface area contributed by atoms with Crippen molar-refractivity contribution in [2.24, 2.45) is 0 Å². The highest BCUT2D eigenvalue weighted by Crippen LogP contribution is 2.27. The van der Waals surface area contributed by atoms with Crippen LogP contribution in [0.1, 0.15) is 23.2 Å². The number of benzene rings is 1. The van der Waals surface area contributed by atoms with Crippen LogP contribution in [0.3, 0.4) is 0 Å². The zero-order valence-corrected chi connectivity index (χ0v) is 12.3. The normalized spacial score (nSPS) is 18.3. The Morgan fingerprint density at radius 3 is 2.50 bits per heavy atom. The van der Waals surface area contributed by atoms with E-state index in [9.17, 15) is 14.4 Å². The van der Waals surface area contributed by atoms with Gasteiger partial charge in [-0.1, -0.05) is 18.2 Å². The van der Waals surface area contributed by atoms with Crippen molar-refractivity contribution in [3.8, 4) is 0 Å². The van der Waals surface area contributed by atoms with Crippen molar-refractivity contribution in [1.29, 1.82) is 0 Å². The van der Waals surface area contributed by atoms with E-state index in [1.54, 1.807) is 24.3 Å². The molecule has 1 N–H and O–H groups in total. The summed E-state index contributed by atoms with van der Waals surface area (Å²) in [7, 11) is 0. The SMILES string of the molecule is O=C(NCC(=O)N1CCN(C2CC2)C(=O)C1)c1ccccc1. The Balaban J connectivity index is 1.48. The number of carbonyl (C=O) groups excluding carboxylic acids is 3. The molecule has 2 aliphatic rings. The Hall–Kier alpha value is -2.37. The van der Waals surface area contributed by atoms with Gasteiger partial charge in [0.2, 0.25) is 11.8 Å². The molecule has 3 rings (SSSR count). The third-order valence-electron chi connectivity index (χ3n) is 4.03. The van der Waals surface area contributed by atoms with Crippen molar-refractivity contribution in [2.45, 2.75) is 18.9 Å². The number of rotatable bonds is 4. The zero-order chi connectivity index (χ0) is 15.5. The Labute approximate surface area is 129 Å². The van der Waals surface area contributed by atoms with E-state index in [-0.39, 0.29) is 30.8 Å². The third-order valence-corrected chi connectivity index (χ3v) is 4.03. The zero-order valence-electron chi connectivity index (χ0n) is 12.3. The number of nitrogens with one attached hydrogen (secondary N) is 1. The lowest BCUT2D eigenvalue weighted by Gasteiger charge is -2.34. The molecule has 1 heterocycles. The molecule has 116 valence electrons. The van der Waals surface area contributed by atoms with Gasteiger partial charge in [0.05, 0.1) is 13.1 Å². The molecule has 1 aromatic carbocycles. The quantitative estimate of drug-likeness (QED) is 0.866. The van der Waals surface area contributed by atoms with E-state index in [1.807, 2.05) is 11.0 Å². The smallest absolute Gasteiger partial charge is 0.251 e. The van der Waals surface area contributed by atoms with Crippen LogP contribution in [0.5, 0.6) is 0 Å². The maximum absolute atomic E-state index is 12.1. The molecule has 2 fully saturated rings. The van der Waals surface area contributed by atoms with Gasteiger partial charge in [0.1, 0.15) is 0 Å². The van der Waals surface area contributed by atoms with Gasteiger partial charge in [-0.3, -0.25) is 14.4 Å². The summed E-state index contributed by atoms with van der Waals surface area (Å²) in [4.78, 5) is 39.4. The molecule has 6 nitrogen and oxygen atoms in total. The molecule has 22 heavy (non-hydrogen) atoms. The van der Waals surface area contributed by atoms with Gasteiger partial charge in [-0.15, -0.1) is 0 Å². The van der Waals surface area contributed by atoms with Gasteiger partial charge in [-0.25, -0.2) is 0 Å². The first-order valence-electron chi connectivity index (χ1n) is 7.55. The van der Waals surface area contributed by atoms with Crippen molar-refractivity contribution in [2.75, 3.05) is 26.2 Å². The van der Waals surface area contributed by atoms with Crippen LogP contribution >= 0.6 is 0 Å². The highest BCUT2D eigenvalue weighted by molar-refractivity contribution is 5.97. The monoisotopic (exact) mass is 301 g/mol. The van der Waals surface area contributed by atoms with Crippen LogP contribution in [0, 0.1) is 0 Å². The minimum Gasteiger partial charge on any atom is -0.343 e. The second-order valence-corrected chi connectivity index (χ2v) is 5.68. The maximum atomic E-state index is 12.1. The van der Waals surface area contributed by atoms with Crippen molar-refractivity contribution < 1.29 is 14.4 Å². The van der Waals surface area contributed by atoms with E-state index >= 15 is 0 Å². The maximum Gasteiger partial charge on any atom is 0.251 e. The van der Waals surface area contributed by atoms with Gasteiger partial charge in [-0.2, -0.15) is 0 Å². The fraction of sp³-hybridized carbons (Fsp3) is 0.438. The molecule has 1 aliphatic heterocycles. The van der Waals surface area contributed by atoms with Crippen LogP contribution < -0.4 is 5.32 Å². The van der Waals surface area contributed by atoms with Crippen LogP contribution in [0.25, 0.3) is 0 Å². The first-order chi connectivity index (χ1) is 10.6. The highest BCUT2D eigenvalue weighted by Gasteiger charge is 2.36. The lowest BCUT2D eigenvalue weighted by Crippen LogP contribution is -2.54. The summed E-state index contributed by atoms with van der Waals surface area (Å²) in [6.07, 6.45) is 2.15. The summed E-state index contributed by atoms with van der Waals surface area (Å²) in [5.41, 5.74) is 0.518. The fourth-order valence-corrected chi connectivity index (χ4v) is 2.63. The Morgan fingerprint density at radius 2 is 1.86 bits per heavy atom. The molecule has 6 heteroatoms. The molecule has 1 saturated carbocycles. The van der Waals surface area contributed by atoms with E-state index in [2.05, 4.69) is 5.32 Å². The van der Waals surface area contributed by atoms with Crippen LogP contribution in [0.15, 0.2) is 30.3 Å². The molecular formula is C16H19N3O3. The predicted molar refractivity (Wildman–Crippen MR) is 80.1 cm³/mol. The van der Waals surface area contributed by atoms with Gasteiger partial charge in [0.25, 0.3) is 5.91 Å². The molecule has 0 bridgehead atoms. The molecule has 0 aromatic heterocycles. The third kappa shape index (κ3) is 3.27. The minimum absolute atomic E-state index is 0.0106. The van der Waals surface area contributed by atoms with Crippen molar-refractivity contribution in [3.63, 3.8) is 0 Å². The first-order valence-corrected chi connectivity index (χ1v) is 7.55. The standard InChI is InChI=1S/C16H19N3O3/c20-14(10-17-16(22)12-4-2-1-3-5-12)18-8-9-19(13-6-7-13)15(21)11-18/h1-5,13H,6-11H2,(H,17,22).